The summed E-state index contributed by atoms with van der Waals surface area (Å²) in [6, 6.07) is 8.73. The first-order chi connectivity index (χ1) is 6.76. The van der Waals surface area contributed by atoms with Gasteiger partial charge in [-0.1, -0.05) is 19.1 Å². The SMILES string of the molecule is CC#CC(C)Cc1ccc(SC)cc1. The fraction of sp³-hybridized carbons (Fsp3) is 0.385. The Morgan fingerprint density at radius 2 is 1.93 bits per heavy atom. The van der Waals surface area contributed by atoms with Gasteiger partial charge < -0.3 is 0 Å². The molecule has 0 N–H and O–H groups in total. The first-order valence-electron chi connectivity index (χ1n) is 4.81. The second kappa shape index (κ2) is 5.78. The fourth-order valence-corrected chi connectivity index (χ4v) is 1.82. The van der Waals surface area contributed by atoms with Gasteiger partial charge >= 0.3 is 0 Å². The minimum atomic E-state index is 0.458. The summed E-state index contributed by atoms with van der Waals surface area (Å²) in [5, 5.41) is 0. The van der Waals surface area contributed by atoms with E-state index < -0.39 is 0 Å². The van der Waals surface area contributed by atoms with Crippen LogP contribution in [0.1, 0.15) is 19.4 Å². The Balaban J connectivity index is 2.62. The van der Waals surface area contributed by atoms with E-state index in [4.69, 9.17) is 0 Å². The average Bonchev–Trinajstić information content (AvgIpc) is 2.19. The molecule has 1 heteroatoms. The lowest BCUT2D eigenvalue weighted by molar-refractivity contribution is 0.749. The Hall–Kier alpha value is -0.870. The predicted octanol–water partition coefficient (Wildman–Crippen LogP) is 3.61. The molecule has 0 radical (unpaired) electrons. The molecule has 0 aliphatic rings. The van der Waals surface area contributed by atoms with Crippen LogP contribution in [-0.2, 0) is 6.42 Å². The lowest BCUT2D eigenvalue weighted by Gasteiger charge is -2.04. The van der Waals surface area contributed by atoms with Crippen molar-refractivity contribution in [3.05, 3.63) is 29.8 Å². The molecular weight excluding hydrogens is 188 g/mol. The lowest BCUT2D eigenvalue weighted by Crippen LogP contribution is -1.95. The van der Waals surface area contributed by atoms with Crippen LogP contribution >= 0.6 is 11.8 Å². The van der Waals surface area contributed by atoms with Crippen molar-refractivity contribution in [3.63, 3.8) is 0 Å². The zero-order valence-electron chi connectivity index (χ0n) is 9.00. The molecule has 0 spiro atoms. The maximum atomic E-state index is 3.17. The summed E-state index contributed by atoms with van der Waals surface area (Å²) in [5.74, 6) is 6.58. The van der Waals surface area contributed by atoms with E-state index in [0.29, 0.717) is 5.92 Å². The molecule has 1 rings (SSSR count). The summed E-state index contributed by atoms with van der Waals surface area (Å²) in [4.78, 5) is 1.32. The molecule has 0 saturated carbocycles. The van der Waals surface area contributed by atoms with Crippen molar-refractivity contribution in [2.75, 3.05) is 6.26 Å². The van der Waals surface area contributed by atoms with Gasteiger partial charge in [0.15, 0.2) is 0 Å². The van der Waals surface area contributed by atoms with Crippen molar-refractivity contribution < 1.29 is 0 Å². The first kappa shape index (κ1) is 11.2. The molecular formula is C13H16S. The molecule has 0 fully saturated rings. The van der Waals surface area contributed by atoms with E-state index in [0.717, 1.165) is 6.42 Å². The normalized spacial score (nSPS) is 11.6. The molecule has 0 aliphatic carbocycles. The molecule has 0 bridgehead atoms. The Morgan fingerprint density at radius 3 is 2.43 bits per heavy atom. The fourth-order valence-electron chi connectivity index (χ4n) is 1.41. The van der Waals surface area contributed by atoms with E-state index in [2.05, 4.69) is 49.3 Å². The van der Waals surface area contributed by atoms with Crippen LogP contribution in [0.5, 0.6) is 0 Å². The molecule has 0 aliphatic heterocycles. The number of hydrogen-bond acceptors (Lipinski definition) is 1. The van der Waals surface area contributed by atoms with Crippen molar-refractivity contribution in [2.45, 2.75) is 25.2 Å². The van der Waals surface area contributed by atoms with Crippen molar-refractivity contribution in [3.8, 4) is 11.8 Å². The predicted molar refractivity (Wildman–Crippen MR) is 64.5 cm³/mol. The maximum Gasteiger partial charge on any atom is 0.0214 e. The molecule has 1 aromatic carbocycles. The van der Waals surface area contributed by atoms with Gasteiger partial charge in [0.2, 0.25) is 0 Å². The van der Waals surface area contributed by atoms with Gasteiger partial charge in [-0.15, -0.1) is 23.6 Å². The average molecular weight is 204 g/mol. The van der Waals surface area contributed by atoms with E-state index >= 15 is 0 Å². The van der Waals surface area contributed by atoms with Gasteiger partial charge in [0.1, 0.15) is 0 Å². The molecule has 0 amide bonds. The van der Waals surface area contributed by atoms with Crippen LogP contribution < -0.4 is 0 Å². The third kappa shape index (κ3) is 3.47. The van der Waals surface area contributed by atoms with E-state index in [1.54, 1.807) is 11.8 Å². The van der Waals surface area contributed by atoms with Crippen molar-refractivity contribution >= 4 is 11.8 Å². The van der Waals surface area contributed by atoms with Gasteiger partial charge in [-0.05, 0) is 37.3 Å². The minimum Gasteiger partial charge on any atom is -0.130 e. The van der Waals surface area contributed by atoms with Gasteiger partial charge in [-0.3, -0.25) is 0 Å². The Morgan fingerprint density at radius 1 is 1.29 bits per heavy atom. The van der Waals surface area contributed by atoms with Crippen LogP contribution in [0.2, 0.25) is 0 Å². The number of rotatable bonds is 3. The summed E-state index contributed by atoms with van der Waals surface area (Å²) < 4.78 is 0. The topological polar surface area (TPSA) is 0 Å². The van der Waals surface area contributed by atoms with Gasteiger partial charge in [0, 0.05) is 10.8 Å². The summed E-state index contributed by atoms with van der Waals surface area (Å²) in [7, 11) is 0. The first-order valence-corrected chi connectivity index (χ1v) is 6.04. The van der Waals surface area contributed by atoms with Crippen LogP contribution in [0, 0.1) is 17.8 Å². The quantitative estimate of drug-likeness (QED) is 0.535. The number of hydrogen-bond donors (Lipinski definition) is 0. The van der Waals surface area contributed by atoms with Crippen molar-refractivity contribution in [1.29, 1.82) is 0 Å². The van der Waals surface area contributed by atoms with Crippen molar-refractivity contribution in [1.82, 2.24) is 0 Å². The van der Waals surface area contributed by atoms with Gasteiger partial charge in [-0.2, -0.15) is 0 Å². The van der Waals surface area contributed by atoms with Crippen LogP contribution in [0.3, 0.4) is 0 Å². The molecule has 1 aromatic rings. The van der Waals surface area contributed by atoms with E-state index in [1.807, 2.05) is 6.92 Å². The van der Waals surface area contributed by atoms with Crippen LogP contribution in [0.4, 0.5) is 0 Å². The minimum absolute atomic E-state index is 0.458. The Labute approximate surface area is 91.1 Å². The Bertz CT molecular complexity index is 326. The van der Waals surface area contributed by atoms with Crippen LogP contribution in [0.25, 0.3) is 0 Å². The monoisotopic (exact) mass is 204 g/mol. The Kier molecular flexibility index (Phi) is 4.62. The van der Waals surface area contributed by atoms with Crippen LogP contribution in [-0.4, -0.2) is 6.26 Å². The highest BCUT2D eigenvalue weighted by atomic mass is 32.2. The third-order valence-electron chi connectivity index (χ3n) is 2.09. The lowest BCUT2D eigenvalue weighted by atomic mass is 10.0. The molecule has 0 aromatic heterocycles. The second-order valence-electron chi connectivity index (χ2n) is 3.35. The van der Waals surface area contributed by atoms with Gasteiger partial charge in [0.25, 0.3) is 0 Å². The van der Waals surface area contributed by atoms with E-state index in [-0.39, 0.29) is 0 Å². The van der Waals surface area contributed by atoms with Crippen molar-refractivity contribution in [2.24, 2.45) is 5.92 Å². The summed E-state index contributed by atoms with van der Waals surface area (Å²) >= 11 is 1.78. The highest BCUT2D eigenvalue weighted by Crippen LogP contribution is 2.16. The van der Waals surface area contributed by atoms with E-state index in [9.17, 15) is 0 Å². The zero-order chi connectivity index (χ0) is 10.4. The molecule has 0 saturated heterocycles. The molecule has 1 atom stereocenters. The third-order valence-corrected chi connectivity index (χ3v) is 2.84. The molecule has 14 heavy (non-hydrogen) atoms. The smallest absolute Gasteiger partial charge is 0.0214 e. The largest absolute Gasteiger partial charge is 0.130 e. The van der Waals surface area contributed by atoms with Gasteiger partial charge in [-0.25, -0.2) is 0 Å². The van der Waals surface area contributed by atoms with Crippen LogP contribution in [0.15, 0.2) is 29.2 Å². The molecule has 1 unspecified atom stereocenters. The highest BCUT2D eigenvalue weighted by molar-refractivity contribution is 7.98. The van der Waals surface area contributed by atoms with E-state index in [1.165, 1.54) is 10.5 Å². The summed E-state index contributed by atoms with van der Waals surface area (Å²) in [5.41, 5.74) is 1.37. The highest BCUT2D eigenvalue weighted by Gasteiger charge is 1.99. The standard InChI is InChI=1S/C13H16S/c1-4-5-11(2)10-12-6-8-13(14-3)9-7-12/h6-9,11H,10H2,1-3H3. The summed E-state index contributed by atoms with van der Waals surface area (Å²) in [6.45, 7) is 4.06. The maximum absolute atomic E-state index is 3.17. The molecule has 0 nitrogen and oxygen atoms in total. The number of benzene rings is 1. The molecule has 0 heterocycles. The van der Waals surface area contributed by atoms with Gasteiger partial charge in [0.05, 0.1) is 0 Å². The zero-order valence-corrected chi connectivity index (χ0v) is 9.82. The molecule has 74 valence electrons. The number of thioether (sulfide) groups is 1. The second-order valence-corrected chi connectivity index (χ2v) is 4.23. The summed E-state index contributed by atoms with van der Waals surface area (Å²) in [6.07, 6.45) is 3.15.